The van der Waals surface area contributed by atoms with E-state index in [4.69, 9.17) is 9.47 Å². The number of rotatable bonds is 4. The smallest absolute Gasteiger partial charge is 0.288 e. The summed E-state index contributed by atoms with van der Waals surface area (Å²) in [6.07, 6.45) is 2.01. The Morgan fingerprint density at radius 3 is 2.95 bits per heavy atom. The van der Waals surface area contributed by atoms with Gasteiger partial charge in [0.15, 0.2) is 11.5 Å². The van der Waals surface area contributed by atoms with Crippen LogP contribution >= 0.6 is 0 Å². The van der Waals surface area contributed by atoms with Gasteiger partial charge in [0, 0.05) is 6.54 Å². The highest BCUT2D eigenvalue weighted by Gasteiger charge is 2.12. The van der Waals surface area contributed by atoms with Crippen LogP contribution in [0.3, 0.4) is 0 Å². The fourth-order valence-electron chi connectivity index (χ4n) is 1.96. The minimum absolute atomic E-state index is 0.215. The molecule has 0 saturated carbocycles. The third-order valence-electron chi connectivity index (χ3n) is 2.94. The van der Waals surface area contributed by atoms with Crippen LogP contribution in [0.25, 0.3) is 0 Å². The first-order chi connectivity index (χ1) is 9.83. The zero-order valence-electron chi connectivity index (χ0n) is 10.8. The Bertz CT molecular complexity index is 598. The molecule has 2 aromatic rings. The van der Waals surface area contributed by atoms with Crippen molar-refractivity contribution in [3.8, 4) is 11.5 Å². The number of aromatic nitrogens is 3. The molecule has 0 bridgehead atoms. The number of carbonyl (C=O) groups excluding carboxylic acids is 1. The van der Waals surface area contributed by atoms with Crippen molar-refractivity contribution in [1.82, 2.24) is 20.5 Å². The Kier molecular flexibility index (Phi) is 3.49. The molecule has 2 heterocycles. The molecule has 1 amide bonds. The molecule has 1 aliphatic heterocycles. The number of fused-ring (bicyclic) bond motifs is 1. The van der Waals surface area contributed by atoms with Gasteiger partial charge in [0.1, 0.15) is 19.5 Å². The van der Waals surface area contributed by atoms with Gasteiger partial charge in [-0.1, -0.05) is 6.07 Å². The Morgan fingerprint density at radius 2 is 2.15 bits per heavy atom. The largest absolute Gasteiger partial charge is 0.486 e. The molecule has 1 aromatic heterocycles. The molecule has 0 saturated heterocycles. The molecule has 2 N–H and O–H groups in total. The maximum absolute atomic E-state index is 11.6. The van der Waals surface area contributed by atoms with E-state index in [1.54, 1.807) is 0 Å². The summed E-state index contributed by atoms with van der Waals surface area (Å²) in [4.78, 5) is 15.4. The fourth-order valence-corrected chi connectivity index (χ4v) is 1.96. The molecule has 0 unspecified atom stereocenters. The van der Waals surface area contributed by atoms with E-state index in [1.807, 2.05) is 18.2 Å². The number of H-pyrrole nitrogens is 1. The molecular weight excluding hydrogens is 260 g/mol. The summed E-state index contributed by atoms with van der Waals surface area (Å²) >= 11 is 0. The lowest BCUT2D eigenvalue weighted by atomic mass is 10.1. The van der Waals surface area contributed by atoms with Crippen molar-refractivity contribution in [1.29, 1.82) is 0 Å². The summed E-state index contributed by atoms with van der Waals surface area (Å²) in [6.45, 7) is 1.66. The van der Waals surface area contributed by atoms with Gasteiger partial charge in [0.25, 0.3) is 5.91 Å². The van der Waals surface area contributed by atoms with Gasteiger partial charge >= 0.3 is 0 Å². The number of aromatic amines is 1. The Morgan fingerprint density at radius 1 is 1.30 bits per heavy atom. The zero-order valence-corrected chi connectivity index (χ0v) is 10.8. The van der Waals surface area contributed by atoms with Crippen molar-refractivity contribution in [3.63, 3.8) is 0 Å². The molecule has 7 heteroatoms. The molecule has 0 radical (unpaired) electrons. The number of nitrogens with zero attached hydrogens (tertiary/aromatic N) is 2. The normalized spacial score (nSPS) is 13.0. The van der Waals surface area contributed by atoms with Crippen LogP contribution in [0.5, 0.6) is 11.5 Å². The summed E-state index contributed by atoms with van der Waals surface area (Å²) in [5, 5.41) is 8.92. The van der Waals surface area contributed by atoms with Gasteiger partial charge in [0.05, 0.1) is 0 Å². The average Bonchev–Trinajstić information content (AvgIpc) is 3.01. The second kappa shape index (κ2) is 5.60. The second-order valence-corrected chi connectivity index (χ2v) is 4.32. The van der Waals surface area contributed by atoms with E-state index in [2.05, 4.69) is 20.5 Å². The maximum Gasteiger partial charge on any atom is 0.288 e. The molecule has 104 valence electrons. The van der Waals surface area contributed by atoms with Crippen LogP contribution in [0.1, 0.15) is 16.2 Å². The van der Waals surface area contributed by atoms with Crippen LogP contribution in [0, 0.1) is 0 Å². The highest BCUT2D eigenvalue weighted by atomic mass is 16.6. The Balaban J connectivity index is 1.55. The molecule has 0 fully saturated rings. The van der Waals surface area contributed by atoms with Crippen LogP contribution < -0.4 is 14.8 Å². The van der Waals surface area contributed by atoms with Crippen LogP contribution in [0.15, 0.2) is 24.5 Å². The predicted molar refractivity (Wildman–Crippen MR) is 69.9 cm³/mol. The van der Waals surface area contributed by atoms with Crippen LogP contribution in [0.2, 0.25) is 0 Å². The standard InChI is InChI=1S/C13H14N4O3/c18-13(12-15-8-16-17-12)14-4-3-9-1-2-10-11(7-9)20-6-5-19-10/h1-2,7-8H,3-6H2,(H,14,18)(H,15,16,17). The number of benzene rings is 1. The minimum atomic E-state index is -0.264. The van der Waals surface area contributed by atoms with E-state index in [1.165, 1.54) is 6.33 Å². The first-order valence-corrected chi connectivity index (χ1v) is 6.35. The molecule has 3 rings (SSSR count). The van der Waals surface area contributed by atoms with Crippen LogP contribution in [0.4, 0.5) is 0 Å². The van der Waals surface area contributed by atoms with Crippen LogP contribution in [-0.2, 0) is 6.42 Å². The maximum atomic E-state index is 11.6. The van der Waals surface area contributed by atoms with Crippen molar-refractivity contribution in [3.05, 3.63) is 35.9 Å². The molecular formula is C13H14N4O3. The van der Waals surface area contributed by atoms with Crippen molar-refractivity contribution in [2.45, 2.75) is 6.42 Å². The molecule has 0 aliphatic carbocycles. The monoisotopic (exact) mass is 274 g/mol. The molecule has 20 heavy (non-hydrogen) atoms. The summed E-state index contributed by atoms with van der Waals surface area (Å²) in [5.74, 6) is 1.48. The van der Waals surface area contributed by atoms with E-state index in [9.17, 15) is 4.79 Å². The van der Waals surface area contributed by atoms with Crippen LogP contribution in [-0.4, -0.2) is 40.8 Å². The van der Waals surface area contributed by atoms with Crippen molar-refractivity contribution in [2.75, 3.05) is 19.8 Å². The number of nitrogens with one attached hydrogen (secondary N) is 2. The summed E-state index contributed by atoms with van der Waals surface area (Å²) in [7, 11) is 0. The topological polar surface area (TPSA) is 89.1 Å². The first-order valence-electron chi connectivity index (χ1n) is 6.35. The minimum Gasteiger partial charge on any atom is -0.486 e. The van der Waals surface area contributed by atoms with Gasteiger partial charge in [-0.2, -0.15) is 5.10 Å². The average molecular weight is 274 g/mol. The fraction of sp³-hybridized carbons (Fsp3) is 0.308. The van der Waals surface area contributed by atoms with Gasteiger partial charge in [-0.15, -0.1) is 0 Å². The van der Waals surface area contributed by atoms with Crippen molar-refractivity contribution >= 4 is 5.91 Å². The SMILES string of the molecule is O=C(NCCc1ccc2c(c1)OCCO2)c1ncn[nH]1. The van der Waals surface area contributed by atoms with E-state index in [0.717, 1.165) is 17.1 Å². The number of amides is 1. The number of hydrogen-bond acceptors (Lipinski definition) is 5. The summed E-state index contributed by atoms with van der Waals surface area (Å²) in [5.41, 5.74) is 1.08. The lowest BCUT2D eigenvalue weighted by Gasteiger charge is -2.18. The molecule has 7 nitrogen and oxygen atoms in total. The quantitative estimate of drug-likeness (QED) is 0.849. The Hall–Kier alpha value is -2.57. The molecule has 1 aliphatic rings. The van der Waals surface area contributed by atoms with E-state index in [0.29, 0.717) is 26.2 Å². The van der Waals surface area contributed by atoms with Crippen molar-refractivity contribution < 1.29 is 14.3 Å². The lowest BCUT2D eigenvalue weighted by molar-refractivity contribution is 0.0944. The summed E-state index contributed by atoms with van der Waals surface area (Å²) in [6, 6.07) is 5.80. The van der Waals surface area contributed by atoms with Crippen molar-refractivity contribution in [2.24, 2.45) is 0 Å². The zero-order chi connectivity index (χ0) is 13.8. The summed E-state index contributed by atoms with van der Waals surface area (Å²) < 4.78 is 11.0. The highest BCUT2D eigenvalue weighted by Crippen LogP contribution is 2.30. The third-order valence-corrected chi connectivity index (χ3v) is 2.94. The second-order valence-electron chi connectivity index (χ2n) is 4.32. The van der Waals surface area contributed by atoms with Gasteiger partial charge < -0.3 is 14.8 Å². The Labute approximate surface area is 115 Å². The lowest BCUT2D eigenvalue weighted by Crippen LogP contribution is -2.26. The van der Waals surface area contributed by atoms with Gasteiger partial charge in [-0.25, -0.2) is 4.98 Å². The van der Waals surface area contributed by atoms with Gasteiger partial charge in [-0.05, 0) is 24.1 Å². The molecule has 0 spiro atoms. The van der Waals surface area contributed by atoms with Gasteiger partial charge in [-0.3, -0.25) is 9.89 Å². The molecule has 0 atom stereocenters. The predicted octanol–water partition coefficient (Wildman–Crippen LogP) is 0.548. The van der Waals surface area contributed by atoms with E-state index < -0.39 is 0 Å². The number of ether oxygens (including phenoxy) is 2. The third kappa shape index (κ3) is 2.71. The van der Waals surface area contributed by atoms with Gasteiger partial charge in [0.2, 0.25) is 5.82 Å². The van der Waals surface area contributed by atoms with E-state index >= 15 is 0 Å². The van der Waals surface area contributed by atoms with E-state index in [-0.39, 0.29) is 11.7 Å². The number of carbonyl (C=O) groups is 1. The first kappa shape index (κ1) is 12.5. The molecule has 1 aromatic carbocycles. The number of hydrogen-bond donors (Lipinski definition) is 2. The highest BCUT2D eigenvalue weighted by molar-refractivity contribution is 5.90.